The minimum atomic E-state index is -0.764. The van der Waals surface area contributed by atoms with Gasteiger partial charge in [0.05, 0.1) is 12.8 Å². The fraction of sp³-hybridized carbons (Fsp3) is 0.227. The van der Waals surface area contributed by atoms with Crippen molar-refractivity contribution in [1.29, 1.82) is 0 Å². The van der Waals surface area contributed by atoms with E-state index in [1.807, 2.05) is 32.0 Å². The van der Waals surface area contributed by atoms with Gasteiger partial charge in [-0.2, -0.15) is 5.10 Å². The van der Waals surface area contributed by atoms with E-state index in [2.05, 4.69) is 10.4 Å². The smallest absolute Gasteiger partial charge is 0.267 e. The second kappa shape index (κ2) is 8.08. The highest BCUT2D eigenvalue weighted by molar-refractivity contribution is 5.93. The van der Waals surface area contributed by atoms with Crippen LogP contribution in [-0.2, 0) is 4.79 Å². The van der Waals surface area contributed by atoms with Crippen LogP contribution in [0.4, 0.5) is 5.69 Å². The van der Waals surface area contributed by atoms with Gasteiger partial charge in [0.1, 0.15) is 11.8 Å². The molecular formula is C22H23N3O3. The number of aromatic nitrogens is 2. The third-order valence-corrected chi connectivity index (χ3v) is 4.60. The van der Waals surface area contributed by atoms with Crippen molar-refractivity contribution in [2.75, 3.05) is 12.4 Å². The molecule has 1 heterocycles. The Labute approximate surface area is 163 Å². The summed E-state index contributed by atoms with van der Waals surface area (Å²) in [6.07, 6.45) is 0. The number of nitrogens with one attached hydrogen (secondary N) is 1. The molecule has 6 nitrogen and oxygen atoms in total. The highest BCUT2D eigenvalue weighted by atomic mass is 16.5. The van der Waals surface area contributed by atoms with Crippen LogP contribution in [0.15, 0.2) is 59.4 Å². The maximum absolute atomic E-state index is 12.6. The zero-order chi connectivity index (χ0) is 20.3. The van der Waals surface area contributed by atoms with Crippen molar-refractivity contribution in [2.24, 2.45) is 0 Å². The minimum Gasteiger partial charge on any atom is -0.497 e. The molecule has 1 amide bonds. The fourth-order valence-electron chi connectivity index (χ4n) is 2.89. The molecule has 0 fully saturated rings. The number of aryl methyl sites for hydroxylation is 2. The number of benzene rings is 2. The fourth-order valence-corrected chi connectivity index (χ4v) is 2.89. The average molecular weight is 377 g/mol. The molecule has 28 heavy (non-hydrogen) atoms. The monoisotopic (exact) mass is 377 g/mol. The Hall–Kier alpha value is -3.41. The second-order valence-corrected chi connectivity index (χ2v) is 6.71. The molecule has 1 atom stereocenters. The van der Waals surface area contributed by atoms with E-state index >= 15 is 0 Å². The van der Waals surface area contributed by atoms with E-state index in [0.717, 1.165) is 16.7 Å². The summed E-state index contributed by atoms with van der Waals surface area (Å²) in [5.41, 5.74) is 4.05. The zero-order valence-electron chi connectivity index (χ0n) is 16.4. The van der Waals surface area contributed by atoms with Gasteiger partial charge >= 0.3 is 0 Å². The van der Waals surface area contributed by atoms with Gasteiger partial charge in [0.2, 0.25) is 5.91 Å². The van der Waals surface area contributed by atoms with Crippen LogP contribution in [0.1, 0.15) is 24.1 Å². The lowest BCUT2D eigenvalue weighted by Gasteiger charge is -2.16. The molecule has 2 aromatic carbocycles. The normalized spacial score (nSPS) is 11.7. The van der Waals surface area contributed by atoms with Crippen LogP contribution < -0.4 is 15.6 Å². The number of carbonyl (C=O) groups is 1. The van der Waals surface area contributed by atoms with Crippen LogP contribution in [0.5, 0.6) is 5.75 Å². The van der Waals surface area contributed by atoms with Gasteiger partial charge in [-0.15, -0.1) is 0 Å². The van der Waals surface area contributed by atoms with Crippen molar-refractivity contribution >= 4 is 11.6 Å². The van der Waals surface area contributed by atoms with Crippen molar-refractivity contribution in [2.45, 2.75) is 26.8 Å². The van der Waals surface area contributed by atoms with Gasteiger partial charge in [-0.3, -0.25) is 9.59 Å². The van der Waals surface area contributed by atoms with Gasteiger partial charge in [-0.1, -0.05) is 17.7 Å². The molecule has 0 unspecified atom stereocenters. The van der Waals surface area contributed by atoms with Gasteiger partial charge in [0.25, 0.3) is 5.56 Å². The third-order valence-electron chi connectivity index (χ3n) is 4.60. The first kappa shape index (κ1) is 19.4. The maximum atomic E-state index is 12.6. The van der Waals surface area contributed by atoms with E-state index in [9.17, 15) is 9.59 Å². The van der Waals surface area contributed by atoms with Gasteiger partial charge in [-0.05, 0) is 62.7 Å². The summed E-state index contributed by atoms with van der Waals surface area (Å²) in [6.45, 7) is 5.65. The number of nitrogens with zero attached hydrogens (tertiary/aromatic N) is 2. The molecule has 0 aliphatic rings. The molecule has 0 saturated carbocycles. The lowest BCUT2D eigenvalue weighted by atomic mass is 10.0. The van der Waals surface area contributed by atoms with Gasteiger partial charge in [-0.25, -0.2) is 4.68 Å². The van der Waals surface area contributed by atoms with E-state index in [1.165, 1.54) is 10.7 Å². The second-order valence-electron chi connectivity index (χ2n) is 6.71. The Morgan fingerprint density at radius 1 is 1.07 bits per heavy atom. The Kier molecular flexibility index (Phi) is 5.59. The lowest BCUT2D eigenvalue weighted by Crippen LogP contribution is -2.33. The summed E-state index contributed by atoms with van der Waals surface area (Å²) in [4.78, 5) is 25.0. The predicted octanol–water partition coefficient (Wildman–Crippen LogP) is 3.74. The molecule has 0 aliphatic carbocycles. The first-order chi connectivity index (χ1) is 13.4. The van der Waals surface area contributed by atoms with Gasteiger partial charge < -0.3 is 10.1 Å². The quantitative estimate of drug-likeness (QED) is 0.735. The van der Waals surface area contributed by atoms with Gasteiger partial charge in [0.15, 0.2) is 0 Å². The molecular weight excluding hydrogens is 354 g/mol. The molecule has 0 saturated heterocycles. The summed E-state index contributed by atoms with van der Waals surface area (Å²) in [5.74, 6) is 0.378. The first-order valence-corrected chi connectivity index (χ1v) is 9.01. The van der Waals surface area contributed by atoms with E-state index in [1.54, 1.807) is 44.4 Å². The standard InChI is InChI=1S/C22H23N3O3/c1-14-5-6-15(2)19(13-14)20-11-12-21(26)25(24-20)16(3)22(27)23-17-7-9-18(28-4)10-8-17/h5-13,16H,1-4H3,(H,23,27)/t16-/m0/s1. The van der Waals surface area contributed by atoms with Crippen molar-refractivity contribution in [3.05, 3.63) is 76.1 Å². The summed E-state index contributed by atoms with van der Waals surface area (Å²) in [6, 6.07) is 15.4. The van der Waals surface area contributed by atoms with E-state index in [-0.39, 0.29) is 11.5 Å². The summed E-state index contributed by atoms with van der Waals surface area (Å²) >= 11 is 0. The number of hydrogen-bond acceptors (Lipinski definition) is 4. The van der Waals surface area contributed by atoms with E-state index in [4.69, 9.17) is 4.74 Å². The average Bonchev–Trinajstić information content (AvgIpc) is 2.70. The van der Waals surface area contributed by atoms with Crippen LogP contribution >= 0.6 is 0 Å². The molecule has 3 rings (SSSR count). The molecule has 0 spiro atoms. The summed E-state index contributed by atoms with van der Waals surface area (Å²) in [7, 11) is 1.58. The van der Waals surface area contributed by atoms with Crippen LogP contribution in [0.3, 0.4) is 0 Å². The topological polar surface area (TPSA) is 73.2 Å². The number of amides is 1. The Morgan fingerprint density at radius 3 is 2.46 bits per heavy atom. The SMILES string of the molecule is COc1ccc(NC(=O)[C@H](C)n2nc(-c3cc(C)ccc3C)ccc2=O)cc1. The zero-order valence-corrected chi connectivity index (χ0v) is 16.4. The number of hydrogen-bond donors (Lipinski definition) is 1. The van der Waals surface area contributed by atoms with Crippen molar-refractivity contribution in [3.63, 3.8) is 0 Å². The highest BCUT2D eigenvalue weighted by Crippen LogP contribution is 2.22. The predicted molar refractivity (Wildman–Crippen MR) is 110 cm³/mol. The molecule has 3 aromatic rings. The molecule has 144 valence electrons. The van der Waals surface area contributed by atoms with E-state index in [0.29, 0.717) is 17.1 Å². The summed E-state index contributed by atoms with van der Waals surface area (Å²) < 4.78 is 6.33. The van der Waals surface area contributed by atoms with Crippen LogP contribution in [0, 0.1) is 13.8 Å². The number of carbonyl (C=O) groups excluding carboxylic acids is 1. The summed E-state index contributed by atoms with van der Waals surface area (Å²) in [5, 5.41) is 7.26. The molecule has 0 aliphatic heterocycles. The lowest BCUT2D eigenvalue weighted by molar-refractivity contribution is -0.119. The van der Waals surface area contributed by atoms with Gasteiger partial charge in [0, 0.05) is 17.3 Å². The van der Waals surface area contributed by atoms with Crippen LogP contribution in [0.2, 0.25) is 0 Å². The first-order valence-electron chi connectivity index (χ1n) is 9.01. The largest absolute Gasteiger partial charge is 0.497 e. The third kappa shape index (κ3) is 4.11. The van der Waals surface area contributed by atoms with Crippen LogP contribution in [0.25, 0.3) is 11.3 Å². The molecule has 6 heteroatoms. The highest BCUT2D eigenvalue weighted by Gasteiger charge is 2.18. The molecule has 0 radical (unpaired) electrons. The minimum absolute atomic E-state index is 0.321. The number of methoxy groups -OCH3 is 1. The van der Waals surface area contributed by atoms with E-state index < -0.39 is 6.04 Å². The molecule has 0 bridgehead atoms. The Morgan fingerprint density at radius 2 is 1.79 bits per heavy atom. The van der Waals surface area contributed by atoms with Crippen molar-refractivity contribution < 1.29 is 9.53 Å². The number of ether oxygens (including phenoxy) is 1. The van der Waals surface area contributed by atoms with Crippen LogP contribution in [-0.4, -0.2) is 22.8 Å². The number of anilines is 1. The molecule has 1 aromatic heterocycles. The Bertz CT molecular complexity index is 1060. The molecule has 1 N–H and O–H groups in total. The maximum Gasteiger partial charge on any atom is 0.267 e. The number of rotatable bonds is 5. The Balaban J connectivity index is 1.88. The van der Waals surface area contributed by atoms with Crippen molar-refractivity contribution in [3.8, 4) is 17.0 Å². The van der Waals surface area contributed by atoms with Crippen molar-refractivity contribution in [1.82, 2.24) is 9.78 Å².